The minimum absolute atomic E-state index is 0.0382. The summed E-state index contributed by atoms with van der Waals surface area (Å²) in [6.45, 7) is -0.311. The second-order valence-corrected chi connectivity index (χ2v) is 7.36. The normalized spacial score (nSPS) is 14.2. The number of halogens is 3. The molecular formula is C22H20F3N3O6. The van der Waals surface area contributed by atoms with Gasteiger partial charge in [0.15, 0.2) is 0 Å². The zero-order chi connectivity index (χ0) is 24.9. The van der Waals surface area contributed by atoms with Gasteiger partial charge in [-0.15, -0.1) is 0 Å². The minimum Gasteiger partial charge on any atom is -0.511 e. The number of nitrogens with one attached hydrogen (secondary N) is 1. The highest BCUT2D eigenvalue weighted by molar-refractivity contribution is 6.19. The summed E-state index contributed by atoms with van der Waals surface area (Å²) in [6.07, 6.45) is -3.74. The van der Waals surface area contributed by atoms with Crippen LogP contribution in [-0.4, -0.2) is 51.0 Å². The molecule has 0 radical (unpaired) electrons. The Hall–Kier alpha value is -4.09. The van der Waals surface area contributed by atoms with Gasteiger partial charge in [-0.25, -0.2) is 4.98 Å². The molecule has 0 saturated carbocycles. The summed E-state index contributed by atoms with van der Waals surface area (Å²) in [5.74, 6) is -3.32. The van der Waals surface area contributed by atoms with Crippen molar-refractivity contribution < 1.29 is 42.5 Å². The van der Waals surface area contributed by atoms with Crippen molar-refractivity contribution in [1.82, 2.24) is 15.2 Å². The van der Waals surface area contributed by atoms with Crippen molar-refractivity contribution >= 4 is 17.8 Å². The maximum Gasteiger partial charge on any atom is 0.417 e. The van der Waals surface area contributed by atoms with Gasteiger partial charge in [0.2, 0.25) is 5.88 Å². The predicted octanol–water partition coefficient (Wildman–Crippen LogP) is 2.42. The fraction of sp³-hybridized carbons (Fsp3) is 0.273. The van der Waals surface area contributed by atoms with E-state index < -0.39 is 47.4 Å². The van der Waals surface area contributed by atoms with E-state index in [9.17, 15) is 32.7 Å². The molecule has 34 heavy (non-hydrogen) atoms. The molecule has 3 rings (SSSR count). The fourth-order valence-electron chi connectivity index (χ4n) is 3.12. The van der Waals surface area contributed by atoms with Crippen LogP contribution in [0.4, 0.5) is 13.2 Å². The van der Waals surface area contributed by atoms with E-state index in [-0.39, 0.29) is 32.0 Å². The van der Waals surface area contributed by atoms with E-state index >= 15 is 0 Å². The van der Waals surface area contributed by atoms with Crippen LogP contribution in [0, 0.1) is 0 Å². The number of carbonyl (C=O) groups is 3. The van der Waals surface area contributed by atoms with Gasteiger partial charge in [-0.3, -0.25) is 14.4 Å². The van der Waals surface area contributed by atoms with Crippen LogP contribution in [-0.2, 0) is 33.7 Å². The lowest BCUT2D eigenvalue weighted by atomic mass is 10.0. The Morgan fingerprint density at radius 1 is 1.12 bits per heavy atom. The van der Waals surface area contributed by atoms with E-state index in [1.807, 2.05) is 0 Å². The Morgan fingerprint density at radius 3 is 2.38 bits per heavy atom. The monoisotopic (exact) mass is 479 g/mol. The number of carboxylic acid groups (broad SMARTS) is 1. The average Bonchev–Trinajstić information content (AvgIpc) is 2.79. The molecule has 0 spiro atoms. The van der Waals surface area contributed by atoms with Crippen LogP contribution in [0.3, 0.4) is 0 Å². The quantitative estimate of drug-likeness (QED) is 0.496. The van der Waals surface area contributed by atoms with Crippen molar-refractivity contribution in [3.05, 3.63) is 70.6 Å². The highest BCUT2D eigenvalue weighted by Crippen LogP contribution is 2.29. The molecule has 0 saturated heterocycles. The molecule has 180 valence electrons. The summed E-state index contributed by atoms with van der Waals surface area (Å²) in [6, 6.07) is 8.86. The number of rotatable bonds is 8. The van der Waals surface area contributed by atoms with Gasteiger partial charge >= 0.3 is 12.1 Å². The smallest absolute Gasteiger partial charge is 0.417 e. The Bertz CT molecular complexity index is 1100. The number of ether oxygens (including phenoxy) is 1. The second-order valence-electron chi connectivity index (χ2n) is 7.36. The van der Waals surface area contributed by atoms with Crippen molar-refractivity contribution in [2.24, 2.45) is 0 Å². The molecule has 12 heteroatoms. The number of hydrogen-bond donors (Lipinski definition) is 3. The lowest BCUT2D eigenvalue weighted by molar-refractivity contribution is -0.138. The number of alkyl halides is 3. The molecule has 1 aliphatic rings. The summed E-state index contributed by atoms with van der Waals surface area (Å²) in [5, 5.41) is 20.7. The molecule has 0 aliphatic carbocycles. The average molecular weight is 479 g/mol. The number of amides is 2. The third kappa shape index (κ3) is 6.24. The van der Waals surface area contributed by atoms with Crippen LogP contribution in [0.15, 0.2) is 53.9 Å². The van der Waals surface area contributed by atoms with E-state index in [1.165, 1.54) is 4.90 Å². The molecule has 1 aromatic heterocycles. The number of carboxylic acids is 1. The van der Waals surface area contributed by atoms with Crippen LogP contribution in [0.25, 0.3) is 0 Å². The molecule has 9 nitrogen and oxygen atoms in total. The lowest BCUT2D eigenvalue weighted by Crippen LogP contribution is -2.43. The number of nitrogens with zero attached hydrogens (tertiary/aromatic N) is 2. The zero-order valence-corrected chi connectivity index (χ0v) is 17.6. The third-order valence-corrected chi connectivity index (χ3v) is 4.88. The molecular weight excluding hydrogens is 459 g/mol. The number of carbonyl (C=O) groups excluding carboxylic acids is 2. The van der Waals surface area contributed by atoms with E-state index in [1.54, 1.807) is 24.3 Å². The first kappa shape index (κ1) is 24.6. The van der Waals surface area contributed by atoms with Crippen LogP contribution in [0.2, 0.25) is 0 Å². The summed E-state index contributed by atoms with van der Waals surface area (Å²) in [7, 11) is 0. The Balaban J connectivity index is 1.57. The molecule has 0 bridgehead atoms. The maximum absolute atomic E-state index is 12.6. The van der Waals surface area contributed by atoms with Crippen molar-refractivity contribution in [2.75, 3.05) is 13.1 Å². The number of aromatic nitrogens is 1. The lowest BCUT2D eigenvalue weighted by Gasteiger charge is -2.28. The van der Waals surface area contributed by atoms with Gasteiger partial charge in [-0.1, -0.05) is 24.3 Å². The number of benzene rings is 1. The number of aliphatic hydroxyl groups is 1. The van der Waals surface area contributed by atoms with Crippen molar-refractivity contribution in [2.45, 2.75) is 25.7 Å². The molecule has 2 aromatic rings. The number of pyridine rings is 1. The topological polar surface area (TPSA) is 129 Å². The van der Waals surface area contributed by atoms with Crippen LogP contribution in [0.1, 0.15) is 23.1 Å². The molecule has 3 N–H and O–H groups in total. The Kier molecular flexibility index (Phi) is 7.39. The summed E-state index contributed by atoms with van der Waals surface area (Å²) >= 11 is 0. The maximum atomic E-state index is 12.6. The van der Waals surface area contributed by atoms with Crippen molar-refractivity contribution in [1.29, 1.82) is 0 Å². The summed E-state index contributed by atoms with van der Waals surface area (Å²) < 4.78 is 43.1. The summed E-state index contributed by atoms with van der Waals surface area (Å²) in [4.78, 5) is 40.4. The number of aliphatic hydroxyl groups excluding tert-OH is 1. The van der Waals surface area contributed by atoms with E-state index in [4.69, 9.17) is 9.84 Å². The molecule has 1 aromatic carbocycles. The third-order valence-electron chi connectivity index (χ3n) is 4.88. The Morgan fingerprint density at radius 2 is 1.79 bits per heavy atom. The molecule has 0 unspecified atom stereocenters. The van der Waals surface area contributed by atoms with E-state index in [0.717, 1.165) is 17.7 Å². The first-order chi connectivity index (χ1) is 16.0. The van der Waals surface area contributed by atoms with Gasteiger partial charge in [-0.05, 0) is 17.2 Å². The number of aliphatic carboxylic acids is 1. The SMILES string of the molecule is O=C(O)CNC(=O)C1=C(O)CCN(Cc2ccc(COc3ccc(C(F)(F)F)cn3)cc2)C1=O. The standard InChI is InChI=1S/C22H20F3N3O6/c23-22(24,25)15-5-6-17(26-9-15)34-12-14-3-1-13(2-4-14)11-28-8-7-16(29)19(21(28)33)20(32)27-10-18(30)31/h1-6,9,29H,7-8,10-12H2,(H,27,32)(H,30,31). The predicted molar refractivity (Wildman–Crippen MR) is 110 cm³/mol. The fourth-order valence-corrected chi connectivity index (χ4v) is 3.12. The van der Waals surface area contributed by atoms with Gasteiger partial charge in [0.25, 0.3) is 11.8 Å². The number of hydrogen-bond acceptors (Lipinski definition) is 6. The van der Waals surface area contributed by atoms with Crippen molar-refractivity contribution in [3.8, 4) is 5.88 Å². The first-order valence-electron chi connectivity index (χ1n) is 10.00. The zero-order valence-electron chi connectivity index (χ0n) is 17.6. The van der Waals surface area contributed by atoms with E-state index in [0.29, 0.717) is 11.8 Å². The van der Waals surface area contributed by atoms with Crippen LogP contribution < -0.4 is 10.1 Å². The molecule has 2 heterocycles. The molecule has 1 aliphatic heterocycles. The second kappa shape index (κ2) is 10.2. The van der Waals surface area contributed by atoms with Gasteiger partial charge in [0, 0.05) is 31.8 Å². The van der Waals surface area contributed by atoms with Crippen molar-refractivity contribution in [3.63, 3.8) is 0 Å². The van der Waals surface area contributed by atoms with Gasteiger partial charge < -0.3 is 25.2 Å². The largest absolute Gasteiger partial charge is 0.511 e. The Labute approximate surface area is 191 Å². The molecule has 2 amide bonds. The van der Waals surface area contributed by atoms with Gasteiger partial charge in [0.05, 0.1) is 5.56 Å². The van der Waals surface area contributed by atoms with Crippen LogP contribution >= 0.6 is 0 Å². The van der Waals surface area contributed by atoms with Gasteiger partial charge in [-0.2, -0.15) is 13.2 Å². The van der Waals surface area contributed by atoms with Crippen LogP contribution in [0.5, 0.6) is 5.88 Å². The highest BCUT2D eigenvalue weighted by atomic mass is 19.4. The molecule has 0 atom stereocenters. The molecule has 0 fully saturated rings. The summed E-state index contributed by atoms with van der Waals surface area (Å²) in [5.41, 5.74) is 0.0712. The van der Waals surface area contributed by atoms with E-state index in [2.05, 4.69) is 10.3 Å². The van der Waals surface area contributed by atoms with Gasteiger partial charge in [0.1, 0.15) is 24.5 Å². The first-order valence-corrected chi connectivity index (χ1v) is 10.00. The minimum atomic E-state index is -4.48. The highest BCUT2D eigenvalue weighted by Gasteiger charge is 2.32.